The van der Waals surface area contributed by atoms with Crippen molar-refractivity contribution in [3.8, 4) is 11.5 Å². The largest absolute Gasteiger partial charge is 0.493 e. The fourth-order valence-corrected chi connectivity index (χ4v) is 4.36. The van der Waals surface area contributed by atoms with Gasteiger partial charge < -0.3 is 20.1 Å². The lowest BCUT2D eigenvalue weighted by Crippen LogP contribution is -2.38. The van der Waals surface area contributed by atoms with E-state index in [1.807, 2.05) is 56.3 Å². The molecule has 1 saturated heterocycles. The molecule has 38 heavy (non-hydrogen) atoms. The summed E-state index contributed by atoms with van der Waals surface area (Å²) < 4.78 is 11.4. The minimum Gasteiger partial charge on any atom is -0.493 e. The molecule has 3 aromatic carbocycles. The van der Waals surface area contributed by atoms with Crippen molar-refractivity contribution < 1.29 is 23.9 Å². The molecule has 0 saturated carbocycles. The van der Waals surface area contributed by atoms with Crippen molar-refractivity contribution in [3.63, 3.8) is 0 Å². The Morgan fingerprint density at radius 3 is 2.63 bits per heavy atom. The number of halogens is 1. The van der Waals surface area contributed by atoms with E-state index >= 15 is 0 Å². The fraction of sp³-hybridized carbons (Fsp3) is 0.207. The van der Waals surface area contributed by atoms with Crippen LogP contribution in [0.2, 0.25) is 5.02 Å². The summed E-state index contributed by atoms with van der Waals surface area (Å²) in [6, 6.07) is 17.9. The summed E-state index contributed by atoms with van der Waals surface area (Å²) in [5, 5.41) is 5.57. The predicted molar refractivity (Wildman–Crippen MR) is 146 cm³/mol. The first-order chi connectivity index (χ1) is 18.3. The molecular formula is C29H28ClN3O5. The van der Waals surface area contributed by atoms with Crippen molar-refractivity contribution in [3.05, 3.63) is 93.6 Å². The molecule has 196 valence electrons. The van der Waals surface area contributed by atoms with Gasteiger partial charge in [0.2, 0.25) is 5.91 Å². The summed E-state index contributed by atoms with van der Waals surface area (Å²) in [6.45, 7) is 3.85. The Morgan fingerprint density at radius 2 is 1.89 bits per heavy atom. The molecule has 2 N–H and O–H groups in total. The maximum Gasteiger partial charge on any atom is 0.329 e. The maximum absolute atomic E-state index is 12.9. The molecule has 0 bridgehead atoms. The van der Waals surface area contributed by atoms with Crippen LogP contribution in [0.4, 0.5) is 10.5 Å². The Morgan fingerprint density at radius 1 is 1.11 bits per heavy atom. The number of hydrogen-bond acceptors (Lipinski definition) is 5. The van der Waals surface area contributed by atoms with Crippen molar-refractivity contribution in [1.29, 1.82) is 0 Å². The molecule has 4 amide bonds. The number of anilines is 1. The number of amides is 4. The van der Waals surface area contributed by atoms with E-state index in [2.05, 4.69) is 10.6 Å². The molecule has 0 aromatic heterocycles. The molecule has 0 aliphatic carbocycles. The van der Waals surface area contributed by atoms with Gasteiger partial charge in [0.15, 0.2) is 11.5 Å². The fourth-order valence-electron chi connectivity index (χ4n) is 4.09. The van der Waals surface area contributed by atoms with Crippen LogP contribution in [0.1, 0.15) is 29.2 Å². The number of benzene rings is 3. The van der Waals surface area contributed by atoms with Crippen molar-refractivity contribution in [1.82, 2.24) is 10.2 Å². The molecule has 1 heterocycles. The number of carbonyl (C=O) groups is 3. The van der Waals surface area contributed by atoms with Gasteiger partial charge in [0.05, 0.1) is 12.1 Å². The lowest BCUT2D eigenvalue weighted by molar-refractivity contribution is -0.127. The topological polar surface area (TPSA) is 97.0 Å². The highest BCUT2D eigenvalue weighted by atomic mass is 35.5. The number of aryl methyl sites for hydroxylation is 2. The van der Waals surface area contributed by atoms with Crippen molar-refractivity contribution in [2.45, 2.75) is 26.9 Å². The van der Waals surface area contributed by atoms with Crippen LogP contribution in [0, 0.1) is 6.92 Å². The number of hydrogen-bond donors (Lipinski definition) is 2. The van der Waals surface area contributed by atoms with Gasteiger partial charge in [-0.1, -0.05) is 66.6 Å². The number of nitrogens with one attached hydrogen (secondary N) is 2. The van der Waals surface area contributed by atoms with Crippen molar-refractivity contribution in [2.24, 2.45) is 0 Å². The number of carbonyl (C=O) groups excluding carboxylic acids is 3. The zero-order valence-corrected chi connectivity index (χ0v) is 22.1. The predicted octanol–water partition coefficient (Wildman–Crippen LogP) is 5.33. The molecule has 0 atom stereocenters. The maximum atomic E-state index is 12.9. The van der Waals surface area contributed by atoms with E-state index in [1.165, 1.54) is 13.2 Å². The van der Waals surface area contributed by atoms with Crippen LogP contribution in [0.15, 0.2) is 66.4 Å². The van der Waals surface area contributed by atoms with E-state index in [1.54, 1.807) is 18.2 Å². The number of imide groups is 1. The zero-order valence-electron chi connectivity index (χ0n) is 21.3. The lowest BCUT2D eigenvalue weighted by Gasteiger charge is -2.14. The van der Waals surface area contributed by atoms with Gasteiger partial charge in [-0.2, -0.15) is 0 Å². The summed E-state index contributed by atoms with van der Waals surface area (Å²) in [5.74, 6) is -0.357. The Labute approximate surface area is 226 Å². The first-order valence-electron chi connectivity index (χ1n) is 12.1. The van der Waals surface area contributed by atoms with E-state index in [-0.39, 0.29) is 10.7 Å². The second kappa shape index (κ2) is 11.8. The van der Waals surface area contributed by atoms with E-state index < -0.39 is 24.4 Å². The average molecular weight is 534 g/mol. The third-order valence-electron chi connectivity index (χ3n) is 5.96. The molecule has 0 radical (unpaired) electrons. The van der Waals surface area contributed by atoms with Crippen LogP contribution >= 0.6 is 11.6 Å². The number of para-hydroxylation sites is 1. The molecule has 3 aromatic rings. The van der Waals surface area contributed by atoms with Gasteiger partial charge in [0, 0.05) is 5.69 Å². The van der Waals surface area contributed by atoms with Crippen molar-refractivity contribution in [2.75, 3.05) is 19.0 Å². The highest BCUT2D eigenvalue weighted by molar-refractivity contribution is 6.32. The van der Waals surface area contributed by atoms with Gasteiger partial charge in [0.25, 0.3) is 5.91 Å². The third kappa shape index (κ3) is 6.15. The molecule has 4 rings (SSSR count). The first kappa shape index (κ1) is 26.8. The van der Waals surface area contributed by atoms with Gasteiger partial charge in [0.1, 0.15) is 18.8 Å². The number of urea groups is 1. The summed E-state index contributed by atoms with van der Waals surface area (Å²) >= 11 is 6.49. The highest BCUT2D eigenvalue weighted by Gasteiger charge is 2.35. The SMILES string of the molecule is CCc1ccccc1NC(=O)CN1C(=O)N/C(=C/c2cc(Cl)c(OCc3cccc(C)c3)c(OC)c2)C1=O. The summed E-state index contributed by atoms with van der Waals surface area (Å²) in [7, 11) is 1.49. The molecule has 1 fully saturated rings. The van der Waals surface area contributed by atoms with Crippen LogP contribution in [-0.2, 0) is 22.6 Å². The Kier molecular flexibility index (Phi) is 8.33. The van der Waals surface area contributed by atoms with Gasteiger partial charge in [-0.25, -0.2) is 9.69 Å². The van der Waals surface area contributed by atoms with Crippen molar-refractivity contribution >= 4 is 41.2 Å². The number of ether oxygens (including phenoxy) is 2. The Hall–Kier alpha value is -4.30. The quantitative estimate of drug-likeness (QED) is 0.286. The zero-order chi connectivity index (χ0) is 27.2. The molecule has 1 aliphatic rings. The highest BCUT2D eigenvalue weighted by Crippen LogP contribution is 2.37. The number of nitrogens with zero attached hydrogens (tertiary/aromatic N) is 1. The van der Waals surface area contributed by atoms with Crippen LogP contribution < -0.4 is 20.1 Å². The summed E-state index contributed by atoms with van der Waals surface area (Å²) in [5.41, 5.74) is 4.23. The Balaban J connectivity index is 1.47. The monoisotopic (exact) mass is 533 g/mol. The number of methoxy groups -OCH3 is 1. The third-order valence-corrected chi connectivity index (χ3v) is 6.25. The minimum absolute atomic E-state index is 0.0170. The van der Waals surface area contributed by atoms with E-state index in [4.69, 9.17) is 21.1 Å². The molecule has 8 nitrogen and oxygen atoms in total. The standard InChI is InChI=1S/C29H28ClN3O5/c1-4-21-10-5-6-11-23(21)31-26(34)16-33-28(35)24(32-29(33)36)14-20-13-22(30)27(25(15-20)37-3)38-17-19-9-7-8-18(2)12-19/h5-15H,4,16-17H2,1-3H3,(H,31,34)(H,32,36)/b24-14+. The van der Waals surface area contributed by atoms with E-state index in [9.17, 15) is 14.4 Å². The minimum atomic E-state index is -0.684. The average Bonchev–Trinajstić information content (AvgIpc) is 3.15. The van der Waals surface area contributed by atoms with Crippen LogP contribution in [0.25, 0.3) is 6.08 Å². The summed E-state index contributed by atoms with van der Waals surface area (Å²) in [6.07, 6.45) is 2.21. The molecular weight excluding hydrogens is 506 g/mol. The van der Waals surface area contributed by atoms with Gasteiger partial charge >= 0.3 is 6.03 Å². The Bertz CT molecular complexity index is 1420. The lowest BCUT2D eigenvalue weighted by atomic mass is 10.1. The van der Waals surface area contributed by atoms with Crippen LogP contribution in [0.3, 0.4) is 0 Å². The van der Waals surface area contributed by atoms with E-state index in [0.29, 0.717) is 29.4 Å². The van der Waals surface area contributed by atoms with Gasteiger partial charge in [-0.3, -0.25) is 9.59 Å². The summed E-state index contributed by atoms with van der Waals surface area (Å²) in [4.78, 5) is 38.9. The molecule has 9 heteroatoms. The van der Waals surface area contributed by atoms with Gasteiger partial charge in [-0.05, 0) is 54.3 Å². The molecule has 1 aliphatic heterocycles. The molecule has 0 unspecified atom stereocenters. The van der Waals surface area contributed by atoms with E-state index in [0.717, 1.165) is 28.0 Å². The van der Waals surface area contributed by atoms with Crippen LogP contribution in [0.5, 0.6) is 11.5 Å². The first-order valence-corrected chi connectivity index (χ1v) is 12.4. The second-order valence-electron chi connectivity index (χ2n) is 8.75. The number of rotatable bonds is 9. The normalized spacial score (nSPS) is 14.0. The molecule has 0 spiro atoms. The van der Waals surface area contributed by atoms with Crippen LogP contribution in [-0.4, -0.2) is 36.4 Å². The second-order valence-corrected chi connectivity index (χ2v) is 9.16. The smallest absolute Gasteiger partial charge is 0.329 e. The van der Waals surface area contributed by atoms with Gasteiger partial charge in [-0.15, -0.1) is 0 Å².